The highest BCUT2D eigenvalue weighted by Gasteiger charge is 2.25. The van der Waals surface area contributed by atoms with Crippen LogP contribution in [0.1, 0.15) is 44.0 Å². The molecule has 0 saturated heterocycles. The molecule has 7 heteroatoms. The van der Waals surface area contributed by atoms with Gasteiger partial charge in [0.15, 0.2) is 0 Å². The van der Waals surface area contributed by atoms with Crippen LogP contribution in [-0.4, -0.2) is 29.0 Å². The van der Waals surface area contributed by atoms with Crippen LogP contribution in [-0.2, 0) is 17.6 Å². The Kier molecular flexibility index (Phi) is 5.03. The molecule has 1 amide bonds. The number of hydrogen-bond donors (Lipinski definition) is 2. The van der Waals surface area contributed by atoms with Crippen molar-refractivity contribution in [3.63, 3.8) is 0 Å². The molecule has 2 heterocycles. The number of benzene rings is 2. The number of anilines is 1. The molecule has 4 aromatic rings. The molecule has 2 N–H and O–H groups in total. The maximum absolute atomic E-state index is 13.0. The second-order valence-corrected chi connectivity index (χ2v) is 8.65. The summed E-state index contributed by atoms with van der Waals surface area (Å²) in [4.78, 5) is 34.2. The van der Waals surface area contributed by atoms with Gasteiger partial charge in [0.05, 0.1) is 29.3 Å². The number of H-pyrrole nitrogens is 1. The molecular formula is C24H21N3O3S. The average Bonchev–Trinajstić information content (AvgIpc) is 3.39. The lowest BCUT2D eigenvalue weighted by Gasteiger charge is -2.12. The molecule has 0 radical (unpaired) electrons. The molecule has 2 aromatic carbocycles. The molecule has 0 aliphatic heterocycles. The van der Waals surface area contributed by atoms with Gasteiger partial charge >= 0.3 is 5.97 Å². The van der Waals surface area contributed by atoms with Crippen molar-refractivity contribution in [2.75, 3.05) is 12.4 Å². The van der Waals surface area contributed by atoms with Crippen molar-refractivity contribution in [3.05, 3.63) is 70.1 Å². The van der Waals surface area contributed by atoms with Crippen molar-refractivity contribution in [2.24, 2.45) is 0 Å². The first-order chi connectivity index (χ1) is 15.1. The van der Waals surface area contributed by atoms with Gasteiger partial charge in [-0.1, -0.05) is 12.1 Å². The van der Waals surface area contributed by atoms with E-state index in [9.17, 15) is 9.59 Å². The monoisotopic (exact) mass is 431 g/mol. The molecular weight excluding hydrogens is 410 g/mol. The van der Waals surface area contributed by atoms with Crippen molar-refractivity contribution in [2.45, 2.75) is 25.7 Å². The third-order valence-corrected chi connectivity index (χ3v) is 6.80. The highest BCUT2D eigenvalue weighted by atomic mass is 32.1. The van der Waals surface area contributed by atoms with Crippen LogP contribution in [0.5, 0.6) is 0 Å². The molecule has 156 valence electrons. The second-order valence-electron chi connectivity index (χ2n) is 7.54. The Morgan fingerprint density at radius 2 is 1.77 bits per heavy atom. The summed E-state index contributed by atoms with van der Waals surface area (Å²) in [5.74, 6) is 0.148. The lowest BCUT2D eigenvalue weighted by atomic mass is 9.95. The third-order valence-electron chi connectivity index (χ3n) is 5.59. The maximum atomic E-state index is 13.0. The minimum absolute atomic E-state index is 0.215. The number of hydrogen-bond acceptors (Lipinski definition) is 5. The highest BCUT2D eigenvalue weighted by Crippen LogP contribution is 2.43. The van der Waals surface area contributed by atoms with Crippen LogP contribution in [0.15, 0.2) is 48.5 Å². The predicted octanol–water partition coefficient (Wildman–Crippen LogP) is 5.21. The van der Waals surface area contributed by atoms with E-state index >= 15 is 0 Å². The highest BCUT2D eigenvalue weighted by molar-refractivity contribution is 7.17. The first-order valence-electron chi connectivity index (χ1n) is 10.2. The van der Waals surface area contributed by atoms with Crippen LogP contribution >= 0.6 is 11.3 Å². The van der Waals surface area contributed by atoms with Gasteiger partial charge in [0.1, 0.15) is 10.8 Å². The van der Waals surface area contributed by atoms with Crippen LogP contribution in [0.4, 0.5) is 5.00 Å². The number of amides is 1. The third kappa shape index (κ3) is 3.61. The number of carbonyl (C=O) groups excluding carboxylic acids is 2. The zero-order valence-electron chi connectivity index (χ0n) is 17.0. The smallest absolute Gasteiger partial charge is 0.337 e. The van der Waals surface area contributed by atoms with E-state index in [2.05, 4.69) is 10.3 Å². The molecule has 1 aliphatic rings. The first kappa shape index (κ1) is 19.5. The number of methoxy groups -OCH3 is 1. The number of nitrogens with one attached hydrogen (secondary N) is 2. The zero-order valence-corrected chi connectivity index (χ0v) is 17.8. The van der Waals surface area contributed by atoms with E-state index in [0.717, 1.165) is 53.1 Å². The van der Waals surface area contributed by atoms with E-state index in [1.165, 1.54) is 17.6 Å². The van der Waals surface area contributed by atoms with Crippen LogP contribution in [0.2, 0.25) is 0 Å². The minimum Gasteiger partial charge on any atom is -0.465 e. The van der Waals surface area contributed by atoms with E-state index in [4.69, 9.17) is 9.72 Å². The molecule has 0 fully saturated rings. The largest absolute Gasteiger partial charge is 0.465 e. The number of para-hydroxylation sites is 2. The number of thiophene rings is 1. The molecule has 6 nitrogen and oxygen atoms in total. The lowest BCUT2D eigenvalue weighted by molar-refractivity contribution is 0.0600. The Balaban J connectivity index is 1.51. The van der Waals surface area contributed by atoms with Crippen LogP contribution in [0.3, 0.4) is 0 Å². The molecule has 0 bridgehead atoms. The van der Waals surface area contributed by atoms with Gasteiger partial charge in [-0.25, -0.2) is 9.78 Å². The number of imidazole rings is 1. The van der Waals surface area contributed by atoms with Gasteiger partial charge in [-0.2, -0.15) is 0 Å². The molecule has 1 aliphatic carbocycles. The Labute approximate surface area is 183 Å². The number of carbonyl (C=O) groups is 2. The van der Waals surface area contributed by atoms with Crippen molar-refractivity contribution in [1.82, 2.24) is 9.97 Å². The minimum atomic E-state index is -0.426. The van der Waals surface area contributed by atoms with Gasteiger partial charge in [0.2, 0.25) is 0 Å². The maximum Gasteiger partial charge on any atom is 0.337 e. The normalized spacial score (nSPS) is 13.1. The van der Waals surface area contributed by atoms with Gasteiger partial charge in [-0.3, -0.25) is 4.79 Å². The van der Waals surface area contributed by atoms with Crippen LogP contribution in [0.25, 0.3) is 22.4 Å². The molecule has 5 rings (SSSR count). The first-order valence-corrected chi connectivity index (χ1v) is 11.0. The number of aromatic nitrogens is 2. The van der Waals surface area contributed by atoms with E-state index in [-0.39, 0.29) is 5.91 Å². The topological polar surface area (TPSA) is 84.1 Å². The number of fused-ring (bicyclic) bond motifs is 2. The van der Waals surface area contributed by atoms with Gasteiger partial charge < -0.3 is 15.0 Å². The SMILES string of the molecule is COC(=O)c1ccc(C(=O)Nc2sc3c(c2-c2nc4ccccc4[nH]2)CCCC3)cc1. The number of aromatic amines is 1. The standard InChI is InChI=1S/C24H21N3O3S/c1-30-24(29)15-12-10-14(11-13-15)22(28)27-23-20(16-6-2-5-9-19(16)31-23)21-25-17-7-3-4-8-18(17)26-21/h3-4,7-8,10-13H,2,5-6,9H2,1H3,(H,25,26)(H,27,28). The summed E-state index contributed by atoms with van der Waals surface area (Å²) < 4.78 is 4.72. The number of aryl methyl sites for hydroxylation is 1. The van der Waals surface area contributed by atoms with Crippen molar-refractivity contribution < 1.29 is 14.3 Å². The van der Waals surface area contributed by atoms with Crippen molar-refractivity contribution in [1.29, 1.82) is 0 Å². The number of nitrogens with zero attached hydrogens (tertiary/aromatic N) is 1. The van der Waals surface area contributed by atoms with Crippen molar-refractivity contribution in [3.8, 4) is 11.4 Å². The quantitative estimate of drug-likeness (QED) is 0.435. The molecule has 2 aromatic heterocycles. The molecule has 0 saturated carbocycles. The van der Waals surface area contributed by atoms with E-state index in [1.54, 1.807) is 35.6 Å². The van der Waals surface area contributed by atoms with E-state index in [0.29, 0.717) is 11.1 Å². The zero-order chi connectivity index (χ0) is 21.4. The number of esters is 1. The number of ether oxygens (including phenoxy) is 1. The van der Waals surface area contributed by atoms with Gasteiger partial charge in [0.25, 0.3) is 5.91 Å². The Hall–Kier alpha value is -3.45. The summed E-state index contributed by atoms with van der Waals surface area (Å²) in [6.45, 7) is 0. The van der Waals surface area contributed by atoms with Gasteiger partial charge in [-0.05, 0) is 67.6 Å². The number of rotatable bonds is 4. The second kappa shape index (κ2) is 8.00. The average molecular weight is 432 g/mol. The van der Waals surface area contributed by atoms with Crippen LogP contribution < -0.4 is 5.32 Å². The molecule has 0 spiro atoms. The summed E-state index contributed by atoms with van der Waals surface area (Å²) in [6, 6.07) is 14.4. The Morgan fingerprint density at radius 3 is 2.55 bits per heavy atom. The summed E-state index contributed by atoms with van der Waals surface area (Å²) in [5, 5.41) is 3.91. The van der Waals surface area contributed by atoms with Crippen molar-refractivity contribution >= 4 is 39.2 Å². The van der Waals surface area contributed by atoms with Gasteiger partial charge in [0, 0.05) is 10.4 Å². The molecule has 31 heavy (non-hydrogen) atoms. The fourth-order valence-corrected chi connectivity index (χ4v) is 5.31. The lowest BCUT2D eigenvalue weighted by Crippen LogP contribution is -2.12. The summed E-state index contributed by atoms with van der Waals surface area (Å²) in [7, 11) is 1.33. The summed E-state index contributed by atoms with van der Waals surface area (Å²) >= 11 is 1.64. The summed E-state index contributed by atoms with van der Waals surface area (Å²) in [6.07, 6.45) is 4.31. The molecule has 0 atom stereocenters. The Morgan fingerprint density at radius 1 is 1.03 bits per heavy atom. The van der Waals surface area contributed by atoms with E-state index in [1.807, 2.05) is 24.3 Å². The fourth-order valence-electron chi connectivity index (χ4n) is 4.03. The van der Waals surface area contributed by atoms with Crippen LogP contribution in [0, 0.1) is 0 Å². The molecule has 0 unspecified atom stereocenters. The summed E-state index contributed by atoms with van der Waals surface area (Å²) in [5.41, 5.74) is 5.05. The fraction of sp³-hybridized carbons (Fsp3) is 0.208. The predicted molar refractivity (Wildman–Crippen MR) is 122 cm³/mol. The van der Waals surface area contributed by atoms with E-state index < -0.39 is 5.97 Å². The van der Waals surface area contributed by atoms with Gasteiger partial charge in [-0.15, -0.1) is 11.3 Å². The Bertz CT molecular complexity index is 1250.